The molecule has 78 valence electrons. The van der Waals surface area contributed by atoms with Crippen molar-refractivity contribution in [1.29, 1.82) is 0 Å². The van der Waals surface area contributed by atoms with Crippen LogP contribution in [-0.2, 0) is 0 Å². The molecule has 1 unspecified atom stereocenters. The molecule has 0 aliphatic heterocycles. The van der Waals surface area contributed by atoms with Crippen LogP contribution in [0.2, 0.25) is 0 Å². The van der Waals surface area contributed by atoms with Gasteiger partial charge in [0, 0.05) is 23.3 Å². The lowest BCUT2D eigenvalue weighted by Crippen LogP contribution is -2.20. The molecule has 0 saturated carbocycles. The van der Waals surface area contributed by atoms with E-state index in [1.54, 1.807) is 0 Å². The first-order valence-electron chi connectivity index (χ1n) is 5.03. The highest BCUT2D eigenvalue weighted by molar-refractivity contribution is 7.99. The van der Waals surface area contributed by atoms with Gasteiger partial charge in [0.25, 0.3) is 0 Å². The molecule has 2 nitrogen and oxygen atoms in total. The fourth-order valence-electron chi connectivity index (χ4n) is 1.16. The molecule has 1 N–H and O–H groups in total. The minimum absolute atomic E-state index is 0.632. The van der Waals surface area contributed by atoms with E-state index in [1.807, 2.05) is 31.2 Å². The lowest BCUT2D eigenvalue weighted by atomic mass is 10.2. The van der Waals surface area contributed by atoms with Crippen molar-refractivity contribution >= 4 is 11.8 Å². The van der Waals surface area contributed by atoms with Crippen molar-refractivity contribution in [2.75, 3.05) is 12.8 Å². The zero-order chi connectivity index (χ0) is 10.2. The number of pyridine rings is 1. The first-order valence-corrected chi connectivity index (χ1v) is 6.01. The van der Waals surface area contributed by atoms with Gasteiger partial charge in [-0.25, -0.2) is 0 Å². The Morgan fingerprint density at radius 2 is 2.14 bits per heavy atom. The van der Waals surface area contributed by atoms with Crippen molar-refractivity contribution in [2.45, 2.75) is 30.7 Å². The molecule has 0 aliphatic carbocycles. The van der Waals surface area contributed by atoms with Gasteiger partial charge in [-0.05, 0) is 44.7 Å². The molecular formula is C11H18N2S. The Morgan fingerprint density at radius 3 is 2.79 bits per heavy atom. The van der Waals surface area contributed by atoms with E-state index in [0.717, 1.165) is 0 Å². The third-order valence-corrected chi connectivity index (χ3v) is 3.29. The van der Waals surface area contributed by atoms with E-state index in [1.165, 1.54) is 23.5 Å². The Hall–Kier alpha value is -0.540. The van der Waals surface area contributed by atoms with Crippen LogP contribution in [0.3, 0.4) is 0 Å². The molecule has 0 fully saturated rings. The molecule has 0 amide bonds. The maximum absolute atomic E-state index is 3.99. The van der Waals surface area contributed by atoms with Gasteiger partial charge in [-0.2, -0.15) is 0 Å². The fourth-order valence-corrected chi connectivity index (χ4v) is 2.02. The largest absolute Gasteiger partial charge is 0.317 e. The Morgan fingerprint density at radius 1 is 1.43 bits per heavy atom. The van der Waals surface area contributed by atoms with Crippen LogP contribution in [0.1, 0.15) is 19.8 Å². The van der Waals surface area contributed by atoms with E-state index in [0.29, 0.717) is 6.04 Å². The lowest BCUT2D eigenvalue weighted by molar-refractivity contribution is 0.559. The van der Waals surface area contributed by atoms with E-state index in [-0.39, 0.29) is 0 Å². The second kappa shape index (κ2) is 6.85. The standard InChI is InChI=1S/C11H18N2S/c1-10(12-2)4-3-9-14-11-5-7-13-8-6-11/h5-8,10,12H,3-4,9H2,1-2H3. The fraction of sp³-hybridized carbons (Fsp3) is 0.545. The molecule has 0 saturated heterocycles. The molecular weight excluding hydrogens is 192 g/mol. The number of nitrogens with zero attached hydrogens (tertiary/aromatic N) is 1. The Labute approximate surface area is 90.5 Å². The second-order valence-corrected chi connectivity index (χ2v) is 4.53. The monoisotopic (exact) mass is 210 g/mol. The van der Waals surface area contributed by atoms with Gasteiger partial charge in [0.15, 0.2) is 0 Å². The van der Waals surface area contributed by atoms with E-state index in [9.17, 15) is 0 Å². The minimum Gasteiger partial charge on any atom is -0.317 e. The predicted molar refractivity (Wildman–Crippen MR) is 62.7 cm³/mol. The lowest BCUT2D eigenvalue weighted by Gasteiger charge is -2.08. The van der Waals surface area contributed by atoms with E-state index in [2.05, 4.69) is 29.4 Å². The topological polar surface area (TPSA) is 24.9 Å². The van der Waals surface area contributed by atoms with Crippen LogP contribution in [0.4, 0.5) is 0 Å². The van der Waals surface area contributed by atoms with Gasteiger partial charge in [-0.3, -0.25) is 4.98 Å². The summed E-state index contributed by atoms with van der Waals surface area (Å²) in [6.07, 6.45) is 6.20. The Kier molecular flexibility index (Phi) is 5.64. The van der Waals surface area contributed by atoms with Crippen LogP contribution in [0.15, 0.2) is 29.4 Å². The molecule has 0 aromatic carbocycles. The van der Waals surface area contributed by atoms with E-state index in [4.69, 9.17) is 0 Å². The molecule has 3 heteroatoms. The highest BCUT2D eigenvalue weighted by Gasteiger charge is 1.98. The van der Waals surface area contributed by atoms with Gasteiger partial charge in [0.1, 0.15) is 0 Å². The van der Waals surface area contributed by atoms with Crippen molar-refractivity contribution in [2.24, 2.45) is 0 Å². The van der Waals surface area contributed by atoms with Crippen molar-refractivity contribution in [3.63, 3.8) is 0 Å². The summed E-state index contributed by atoms with van der Waals surface area (Å²) in [4.78, 5) is 5.31. The van der Waals surface area contributed by atoms with Gasteiger partial charge in [0.05, 0.1) is 0 Å². The first-order chi connectivity index (χ1) is 6.83. The average molecular weight is 210 g/mol. The predicted octanol–water partition coefficient (Wildman–Crippen LogP) is 2.56. The summed E-state index contributed by atoms with van der Waals surface area (Å²) in [5.41, 5.74) is 0. The van der Waals surface area contributed by atoms with Crippen LogP contribution < -0.4 is 5.32 Å². The summed E-state index contributed by atoms with van der Waals surface area (Å²) >= 11 is 1.91. The molecule has 1 atom stereocenters. The number of rotatable bonds is 6. The van der Waals surface area contributed by atoms with Gasteiger partial charge < -0.3 is 5.32 Å². The molecule has 0 bridgehead atoms. The normalized spacial score (nSPS) is 12.7. The Bertz CT molecular complexity index is 238. The van der Waals surface area contributed by atoms with Crippen LogP contribution in [0.5, 0.6) is 0 Å². The molecule has 0 aliphatic rings. The molecule has 0 radical (unpaired) electrons. The van der Waals surface area contributed by atoms with Crippen LogP contribution in [0.25, 0.3) is 0 Å². The molecule has 1 rings (SSSR count). The summed E-state index contributed by atoms with van der Waals surface area (Å²) in [5.74, 6) is 1.19. The highest BCUT2D eigenvalue weighted by atomic mass is 32.2. The number of hydrogen-bond donors (Lipinski definition) is 1. The Balaban J connectivity index is 2.10. The summed E-state index contributed by atoms with van der Waals surface area (Å²) in [5, 5.41) is 3.24. The van der Waals surface area contributed by atoms with Gasteiger partial charge in [-0.15, -0.1) is 11.8 Å². The summed E-state index contributed by atoms with van der Waals surface area (Å²) in [7, 11) is 2.01. The van der Waals surface area contributed by atoms with Gasteiger partial charge >= 0.3 is 0 Å². The summed E-state index contributed by atoms with van der Waals surface area (Å²) in [6, 6.07) is 4.76. The van der Waals surface area contributed by atoms with Crippen molar-refractivity contribution in [3.8, 4) is 0 Å². The zero-order valence-corrected chi connectivity index (χ0v) is 9.68. The van der Waals surface area contributed by atoms with Crippen LogP contribution in [0, 0.1) is 0 Å². The third-order valence-electron chi connectivity index (χ3n) is 2.19. The summed E-state index contributed by atoms with van der Waals surface area (Å²) < 4.78 is 0. The molecule has 14 heavy (non-hydrogen) atoms. The highest BCUT2D eigenvalue weighted by Crippen LogP contribution is 2.17. The molecule has 1 heterocycles. The smallest absolute Gasteiger partial charge is 0.0278 e. The van der Waals surface area contributed by atoms with Gasteiger partial charge in [-0.1, -0.05) is 0 Å². The zero-order valence-electron chi connectivity index (χ0n) is 8.86. The van der Waals surface area contributed by atoms with Gasteiger partial charge in [0.2, 0.25) is 0 Å². The second-order valence-electron chi connectivity index (χ2n) is 3.36. The van der Waals surface area contributed by atoms with Crippen molar-refractivity contribution in [3.05, 3.63) is 24.5 Å². The number of nitrogens with one attached hydrogen (secondary N) is 1. The molecule has 1 aromatic rings. The minimum atomic E-state index is 0.632. The SMILES string of the molecule is CNC(C)CCCSc1ccncc1. The maximum Gasteiger partial charge on any atom is 0.0278 e. The van der Waals surface area contributed by atoms with Crippen molar-refractivity contribution < 1.29 is 0 Å². The third kappa shape index (κ3) is 4.63. The number of hydrogen-bond acceptors (Lipinski definition) is 3. The molecule has 1 aromatic heterocycles. The quantitative estimate of drug-likeness (QED) is 0.577. The first kappa shape index (κ1) is 11.5. The van der Waals surface area contributed by atoms with Crippen molar-refractivity contribution in [1.82, 2.24) is 10.3 Å². The van der Waals surface area contributed by atoms with Crippen LogP contribution in [-0.4, -0.2) is 23.8 Å². The number of aromatic nitrogens is 1. The van der Waals surface area contributed by atoms with E-state index >= 15 is 0 Å². The molecule has 0 spiro atoms. The van der Waals surface area contributed by atoms with E-state index < -0.39 is 0 Å². The average Bonchev–Trinajstić information content (AvgIpc) is 2.25. The summed E-state index contributed by atoms with van der Waals surface area (Å²) in [6.45, 7) is 2.22. The van der Waals surface area contributed by atoms with Crippen LogP contribution >= 0.6 is 11.8 Å². The maximum atomic E-state index is 3.99. The number of thioether (sulfide) groups is 1.